The largest absolute Gasteiger partial charge is 0.325 e. The van der Waals surface area contributed by atoms with Crippen molar-refractivity contribution in [3.8, 4) is 0 Å². The van der Waals surface area contributed by atoms with E-state index in [2.05, 4.69) is 29.7 Å². The fraction of sp³-hybridized carbons (Fsp3) is 0.312. The van der Waals surface area contributed by atoms with Crippen LogP contribution in [0.15, 0.2) is 42.5 Å². The number of hydrogen-bond acceptors (Lipinski definition) is 2. The molecule has 2 aromatic rings. The van der Waals surface area contributed by atoms with Crippen molar-refractivity contribution < 1.29 is 4.79 Å². The summed E-state index contributed by atoms with van der Waals surface area (Å²) in [6, 6.07) is 14.1. The molecule has 0 radical (unpaired) electrons. The molecule has 1 heterocycles. The van der Waals surface area contributed by atoms with Gasteiger partial charge in [-0.15, -0.1) is 0 Å². The second kappa shape index (κ2) is 5.02. The van der Waals surface area contributed by atoms with E-state index in [1.54, 1.807) is 0 Å². The van der Waals surface area contributed by atoms with Gasteiger partial charge in [0, 0.05) is 17.6 Å². The van der Waals surface area contributed by atoms with Crippen LogP contribution in [0.5, 0.6) is 0 Å². The lowest BCUT2D eigenvalue weighted by Crippen LogP contribution is -2.27. The van der Waals surface area contributed by atoms with E-state index in [-0.39, 0.29) is 11.8 Å². The molecule has 19 heavy (non-hydrogen) atoms. The van der Waals surface area contributed by atoms with Crippen LogP contribution in [0.25, 0.3) is 10.8 Å². The zero-order valence-electron chi connectivity index (χ0n) is 11.0. The smallest absolute Gasteiger partial charge is 0.229 e. The predicted octanol–water partition coefficient (Wildman–Crippen LogP) is 2.63. The standard InChI is InChI=1S/C16H18N2O/c1-11-9-17-10-14(11)16(19)18-15-8-4-6-12-5-2-3-7-13(12)15/h2-8,11,14,17H,9-10H2,1H3,(H,18,19)/t11-,14-/m0/s1. The van der Waals surface area contributed by atoms with E-state index in [0.717, 1.165) is 29.5 Å². The lowest BCUT2D eigenvalue weighted by Gasteiger charge is -2.15. The molecule has 2 aromatic carbocycles. The van der Waals surface area contributed by atoms with Gasteiger partial charge >= 0.3 is 0 Å². The number of benzene rings is 2. The molecular weight excluding hydrogens is 236 g/mol. The molecule has 0 unspecified atom stereocenters. The number of fused-ring (bicyclic) bond motifs is 1. The van der Waals surface area contributed by atoms with Gasteiger partial charge in [-0.25, -0.2) is 0 Å². The Balaban J connectivity index is 1.87. The Bertz CT molecular complexity index is 603. The monoisotopic (exact) mass is 254 g/mol. The molecule has 2 atom stereocenters. The molecule has 0 aromatic heterocycles. The van der Waals surface area contributed by atoms with Crippen molar-refractivity contribution in [2.45, 2.75) is 6.92 Å². The lowest BCUT2D eigenvalue weighted by atomic mass is 9.97. The van der Waals surface area contributed by atoms with Crippen LogP contribution in [-0.4, -0.2) is 19.0 Å². The summed E-state index contributed by atoms with van der Waals surface area (Å²) in [5, 5.41) is 8.59. The third kappa shape index (κ3) is 2.34. The average Bonchev–Trinajstić information content (AvgIpc) is 2.85. The predicted molar refractivity (Wildman–Crippen MR) is 78.1 cm³/mol. The summed E-state index contributed by atoms with van der Waals surface area (Å²) in [5.41, 5.74) is 0.905. The van der Waals surface area contributed by atoms with Gasteiger partial charge in [-0.3, -0.25) is 4.79 Å². The minimum atomic E-state index is 0.0685. The van der Waals surface area contributed by atoms with E-state index in [1.165, 1.54) is 0 Å². The lowest BCUT2D eigenvalue weighted by molar-refractivity contribution is -0.120. The van der Waals surface area contributed by atoms with Crippen molar-refractivity contribution in [2.24, 2.45) is 11.8 Å². The maximum Gasteiger partial charge on any atom is 0.229 e. The van der Waals surface area contributed by atoms with Gasteiger partial charge in [0.15, 0.2) is 0 Å². The third-order valence-electron chi connectivity index (χ3n) is 3.90. The quantitative estimate of drug-likeness (QED) is 0.865. The van der Waals surface area contributed by atoms with Crippen LogP contribution in [0.2, 0.25) is 0 Å². The van der Waals surface area contributed by atoms with Gasteiger partial charge in [0.05, 0.1) is 5.92 Å². The van der Waals surface area contributed by atoms with Crippen LogP contribution < -0.4 is 10.6 Å². The fourth-order valence-electron chi connectivity index (χ4n) is 2.72. The van der Waals surface area contributed by atoms with E-state index in [9.17, 15) is 4.79 Å². The number of hydrogen-bond donors (Lipinski definition) is 2. The molecule has 3 heteroatoms. The van der Waals surface area contributed by atoms with Crippen LogP contribution in [0, 0.1) is 11.8 Å². The third-order valence-corrected chi connectivity index (χ3v) is 3.90. The first-order valence-corrected chi connectivity index (χ1v) is 6.75. The van der Waals surface area contributed by atoms with Gasteiger partial charge in [-0.2, -0.15) is 0 Å². The summed E-state index contributed by atoms with van der Waals surface area (Å²) in [6.07, 6.45) is 0. The first kappa shape index (κ1) is 12.2. The number of carbonyl (C=O) groups excluding carboxylic acids is 1. The highest BCUT2D eigenvalue weighted by Gasteiger charge is 2.29. The maximum absolute atomic E-state index is 12.3. The number of rotatable bonds is 2. The van der Waals surface area contributed by atoms with Crippen molar-refractivity contribution in [1.29, 1.82) is 0 Å². The highest BCUT2D eigenvalue weighted by molar-refractivity contribution is 6.03. The molecule has 0 bridgehead atoms. The molecule has 0 spiro atoms. The second-order valence-electron chi connectivity index (χ2n) is 5.26. The van der Waals surface area contributed by atoms with E-state index < -0.39 is 0 Å². The number of amides is 1. The van der Waals surface area contributed by atoms with Crippen LogP contribution in [0.3, 0.4) is 0 Å². The summed E-state index contributed by atoms with van der Waals surface area (Å²) >= 11 is 0. The molecule has 0 aliphatic carbocycles. The van der Waals surface area contributed by atoms with Gasteiger partial charge in [0.25, 0.3) is 0 Å². The molecular formula is C16H18N2O. The summed E-state index contributed by atoms with van der Waals surface area (Å²) < 4.78 is 0. The first-order valence-electron chi connectivity index (χ1n) is 6.75. The summed E-state index contributed by atoms with van der Waals surface area (Å²) in [4.78, 5) is 12.3. The number of nitrogens with one attached hydrogen (secondary N) is 2. The number of carbonyl (C=O) groups is 1. The molecule has 1 aliphatic heterocycles. The Morgan fingerprint density at radius 3 is 2.74 bits per heavy atom. The molecule has 3 nitrogen and oxygen atoms in total. The summed E-state index contributed by atoms with van der Waals surface area (Å²) in [6.45, 7) is 3.82. The van der Waals surface area contributed by atoms with Gasteiger partial charge in [0.1, 0.15) is 0 Å². The molecule has 0 saturated carbocycles. The van der Waals surface area contributed by atoms with E-state index in [4.69, 9.17) is 0 Å². The molecule has 3 rings (SSSR count). The average molecular weight is 254 g/mol. The minimum absolute atomic E-state index is 0.0685. The van der Waals surface area contributed by atoms with Crippen LogP contribution in [0.1, 0.15) is 6.92 Å². The van der Waals surface area contributed by atoms with E-state index >= 15 is 0 Å². The molecule has 1 aliphatic rings. The minimum Gasteiger partial charge on any atom is -0.325 e. The number of anilines is 1. The Hall–Kier alpha value is -1.87. The SMILES string of the molecule is C[C@H]1CNC[C@@H]1C(=O)Nc1cccc2ccccc12. The van der Waals surface area contributed by atoms with Crippen LogP contribution in [0.4, 0.5) is 5.69 Å². The van der Waals surface area contributed by atoms with Gasteiger partial charge in [0.2, 0.25) is 5.91 Å². The van der Waals surface area contributed by atoms with Crippen molar-refractivity contribution in [2.75, 3.05) is 18.4 Å². The molecule has 98 valence electrons. The van der Waals surface area contributed by atoms with Crippen LogP contribution >= 0.6 is 0 Å². The fourth-order valence-corrected chi connectivity index (χ4v) is 2.72. The summed E-state index contributed by atoms with van der Waals surface area (Å²) in [7, 11) is 0. The molecule has 1 saturated heterocycles. The van der Waals surface area contributed by atoms with Gasteiger partial charge in [-0.1, -0.05) is 43.3 Å². The highest BCUT2D eigenvalue weighted by Crippen LogP contribution is 2.25. The second-order valence-corrected chi connectivity index (χ2v) is 5.26. The topological polar surface area (TPSA) is 41.1 Å². The van der Waals surface area contributed by atoms with Gasteiger partial charge < -0.3 is 10.6 Å². The Morgan fingerprint density at radius 1 is 1.16 bits per heavy atom. The van der Waals surface area contributed by atoms with Crippen molar-refractivity contribution in [3.05, 3.63) is 42.5 Å². The molecule has 1 amide bonds. The Kier molecular flexibility index (Phi) is 3.22. The zero-order valence-corrected chi connectivity index (χ0v) is 11.0. The van der Waals surface area contributed by atoms with E-state index in [1.807, 2.05) is 30.3 Å². The van der Waals surface area contributed by atoms with Crippen molar-refractivity contribution in [1.82, 2.24) is 5.32 Å². The zero-order chi connectivity index (χ0) is 13.2. The van der Waals surface area contributed by atoms with Gasteiger partial charge in [-0.05, 0) is 23.9 Å². The highest BCUT2D eigenvalue weighted by atomic mass is 16.1. The summed E-state index contributed by atoms with van der Waals surface area (Å²) in [5.74, 6) is 0.586. The normalized spacial score (nSPS) is 22.6. The van der Waals surface area contributed by atoms with Crippen molar-refractivity contribution in [3.63, 3.8) is 0 Å². The maximum atomic E-state index is 12.3. The Morgan fingerprint density at radius 2 is 1.95 bits per heavy atom. The van der Waals surface area contributed by atoms with E-state index in [0.29, 0.717) is 5.92 Å². The molecule has 2 N–H and O–H groups in total. The van der Waals surface area contributed by atoms with Crippen LogP contribution in [-0.2, 0) is 4.79 Å². The van der Waals surface area contributed by atoms with Crippen molar-refractivity contribution >= 4 is 22.4 Å². The Labute approximate surface area is 113 Å². The first-order chi connectivity index (χ1) is 9.25. The molecule has 1 fully saturated rings.